The summed E-state index contributed by atoms with van der Waals surface area (Å²) in [6.07, 6.45) is 10.2. The number of benzene rings is 2. The Hall–Kier alpha value is -2.79. The maximum atomic E-state index is 5.93. The summed E-state index contributed by atoms with van der Waals surface area (Å²) in [7, 11) is 1.71. The van der Waals surface area contributed by atoms with Crippen molar-refractivity contribution in [3.8, 4) is 11.5 Å². The Morgan fingerprint density at radius 3 is 2.56 bits per heavy atom. The van der Waals surface area contributed by atoms with Crippen molar-refractivity contribution in [3.05, 3.63) is 70.9 Å². The van der Waals surface area contributed by atoms with Crippen molar-refractivity contribution in [2.45, 2.75) is 51.9 Å². The molecule has 1 heterocycles. The molecule has 0 aromatic heterocycles. The molecule has 1 aliphatic heterocycles. The number of thiocarbonyl (C=S) groups is 1. The van der Waals surface area contributed by atoms with Crippen LogP contribution in [-0.4, -0.2) is 36.7 Å². The van der Waals surface area contributed by atoms with E-state index in [9.17, 15) is 0 Å². The third-order valence-corrected chi connectivity index (χ3v) is 6.84. The van der Waals surface area contributed by atoms with Crippen LogP contribution in [0.1, 0.15) is 57.4 Å². The molecule has 34 heavy (non-hydrogen) atoms. The molecule has 0 atom stereocenters. The average molecular weight is 477 g/mol. The predicted molar refractivity (Wildman–Crippen MR) is 146 cm³/mol. The molecule has 2 aromatic rings. The van der Waals surface area contributed by atoms with E-state index in [4.69, 9.17) is 21.7 Å². The van der Waals surface area contributed by atoms with Crippen molar-refractivity contribution in [3.63, 3.8) is 0 Å². The molecule has 0 spiro atoms. The van der Waals surface area contributed by atoms with E-state index in [-0.39, 0.29) is 0 Å². The number of para-hydroxylation sites is 1. The highest BCUT2D eigenvalue weighted by Crippen LogP contribution is 2.38. The number of ether oxygens (including phenoxy) is 2. The topological polar surface area (TPSA) is 33.7 Å². The van der Waals surface area contributed by atoms with Crippen LogP contribution in [0.3, 0.4) is 0 Å². The molecular formula is C29H36N2O2S. The highest BCUT2D eigenvalue weighted by atomic mass is 32.1. The molecule has 180 valence electrons. The Kier molecular flexibility index (Phi) is 8.64. The van der Waals surface area contributed by atoms with Gasteiger partial charge in [-0.2, -0.15) is 0 Å². The van der Waals surface area contributed by atoms with Gasteiger partial charge in [-0.25, -0.2) is 0 Å². The van der Waals surface area contributed by atoms with Gasteiger partial charge in [0.2, 0.25) is 0 Å². The van der Waals surface area contributed by atoms with Crippen LogP contribution >= 0.6 is 12.2 Å². The van der Waals surface area contributed by atoms with E-state index in [2.05, 4.69) is 47.5 Å². The van der Waals surface area contributed by atoms with Crippen LogP contribution < -0.4 is 14.8 Å². The van der Waals surface area contributed by atoms with Crippen molar-refractivity contribution in [2.24, 2.45) is 0 Å². The summed E-state index contributed by atoms with van der Waals surface area (Å²) in [6.45, 7) is 5.07. The van der Waals surface area contributed by atoms with Gasteiger partial charge in [-0.15, -0.1) is 0 Å². The molecule has 5 heteroatoms. The first-order chi connectivity index (χ1) is 16.7. The number of methoxy groups -OCH3 is 1. The van der Waals surface area contributed by atoms with E-state index in [1.807, 2.05) is 24.3 Å². The minimum absolute atomic E-state index is 0.713. The second-order valence-corrected chi connectivity index (χ2v) is 9.39. The van der Waals surface area contributed by atoms with Crippen molar-refractivity contribution in [2.75, 3.05) is 32.1 Å². The fraction of sp³-hybridized carbons (Fsp3) is 0.414. The van der Waals surface area contributed by atoms with Crippen molar-refractivity contribution in [1.82, 2.24) is 4.90 Å². The molecule has 4 nitrogen and oxygen atoms in total. The Morgan fingerprint density at radius 1 is 1.03 bits per heavy atom. The van der Waals surface area contributed by atoms with Gasteiger partial charge in [0.25, 0.3) is 0 Å². The molecule has 1 saturated heterocycles. The lowest BCUT2D eigenvalue weighted by atomic mass is 10.0. The maximum absolute atomic E-state index is 5.93. The molecule has 2 aliphatic rings. The zero-order valence-corrected chi connectivity index (χ0v) is 21.3. The maximum Gasteiger partial charge on any atom is 0.161 e. The van der Waals surface area contributed by atoms with Gasteiger partial charge in [0.05, 0.1) is 13.7 Å². The molecule has 4 rings (SSSR count). The van der Waals surface area contributed by atoms with Crippen LogP contribution in [0.2, 0.25) is 0 Å². The highest BCUT2D eigenvalue weighted by Gasteiger charge is 2.28. The molecule has 1 aliphatic carbocycles. The first-order valence-electron chi connectivity index (χ1n) is 12.6. The van der Waals surface area contributed by atoms with E-state index >= 15 is 0 Å². The standard InChI is InChI=1S/C29H36N2O2S/c1-3-4-19-33-26-16-13-22(21-27(26)32-2)20-23-14-15-25(28(23)31-17-9-6-10-18-31)29(34)30-24-11-7-5-8-12-24/h5,7-8,11-13,16,20-21H,3-4,6,9-10,14-15,17-19H2,1-2H3,(H,30,34). The summed E-state index contributed by atoms with van der Waals surface area (Å²) in [5.74, 6) is 1.60. The zero-order valence-electron chi connectivity index (χ0n) is 20.4. The van der Waals surface area contributed by atoms with Crippen molar-refractivity contribution >= 4 is 29.0 Å². The van der Waals surface area contributed by atoms with E-state index in [0.29, 0.717) is 6.61 Å². The number of hydrogen-bond acceptors (Lipinski definition) is 4. The van der Waals surface area contributed by atoms with Crippen LogP contribution in [-0.2, 0) is 0 Å². The number of hydrogen-bond donors (Lipinski definition) is 1. The molecule has 1 fully saturated rings. The van der Waals surface area contributed by atoms with Crippen LogP contribution in [0.5, 0.6) is 11.5 Å². The first kappa shape index (κ1) is 24.3. The summed E-state index contributed by atoms with van der Waals surface area (Å²) < 4.78 is 11.6. The van der Waals surface area contributed by atoms with Crippen LogP contribution in [0.25, 0.3) is 6.08 Å². The lowest BCUT2D eigenvalue weighted by Gasteiger charge is -2.32. The van der Waals surface area contributed by atoms with Crippen LogP contribution in [0, 0.1) is 0 Å². The lowest BCUT2D eigenvalue weighted by molar-refractivity contribution is 0.288. The fourth-order valence-electron chi connectivity index (χ4n) is 4.71. The fourth-order valence-corrected chi connectivity index (χ4v) is 5.03. The Balaban J connectivity index is 1.62. The molecule has 0 radical (unpaired) electrons. The quantitative estimate of drug-likeness (QED) is 0.305. The normalized spacial score (nSPS) is 17.2. The molecule has 2 aromatic carbocycles. The molecule has 0 bridgehead atoms. The van der Waals surface area contributed by atoms with Crippen LogP contribution in [0.15, 0.2) is 65.4 Å². The van der Waals surface area contributed by atoms with Gasteiger partial charge in [-0.1, -0.05) is 49.8 Å². The number of allylic oxidation sites excluding steroid dienone is 1. The summed E-state index contributed by atoms with van der Waals surface area (Å²) in [5.41, 5.74) is 6.12. The minimum atomic E-state index is 0.713. The number of nitrogens with one attached hydrogen (secondary N) is 1. The number of piperidine rings is 1. The average Bonchev–Trinajstić information content (AvgIpc) is 3.29. The van der Waals surface area contributed by atoms with Crippen LogP contribution in [0.4, 0.5) is 5.69 Å². The number of likely N-dealkylation sites (tertiary alicyclic amines) is 1. The van der Waals surface area contributed by atoms with Gasteiger partial charge < -0.3 is 19.7 Å². The molecule has 0 unspecified atom stereocenters. The Labute approximate surface area is 209 Å². The van der Waals surface area contributed by atoms with Gasteiger partial charge in [0, 0.05) is 30.0 Å². The number of rotatable bonds is 9. The number of unbranched alkanes of at least 4 members (excludes halogenated alkanes) is 1. The Bertz CT molecular complexity index is 1040. The van der Waals surface area contributed by atoms with E-state index in [1.54, 1.807) is 7.11 Å². The zero-order chi connectivity index (χ0) is 23.8. The number of nitrogens with zero attached hydrogens (tertiary/aromatic N) is 1. The van der Waals surface area contributed by atoms with Gasteiger partial charge in [-0.3, -0.25) is 0 Å². The Morgan fingerprint density at radius 2 is 1.82 bits per heavy atom. The van der Waals surface area contributed by atoms with E-state index < -0.39 is 0 Å². The third kappa shape index (κ3) is 6.01. The first-order valence-corrected chi connectivity index (χ1v) is 13.0. The molecule has 0 saturated carbocycles. The summed E-state index contributed by atoms with van der Waals surface area (Å²) >= 11 is 5.91. The van der Waals surface area contributed by atoms with Gasteiger partial charge in [0.15, 0.2) is 11.5 Å². The summed E-state index contributed by atoms with van der Waals surface area (Å²) in [5, 5.41) is 3.47. The van der Waals surface area contributed by atoms with Gasteiger partial charge >= 0.3 is 0 Å². The van der Waals surface area contributed by atoms with Crippen molar-refractivity contribution in [1.29, 1.82) is 0 Å². The second kappa shape index (κ2) is 12.1. The third-order valence-electron chi connectivity index (χ3n) is 6.50. The smallest absolute Gasteiger partial charge is 0.161 e. The van der Waals surface area contributed by atoms with Crippen molar-refractivity contribution < 1.29 is 9.47 Å². The minimum Gasteiger partial charge on any atom is -0.493 e. The predicted octanol–water partition coefficient (Wildman–Crippen LogP) is 7.23. The van der Waals surface area contributed by atoms with Gasteiger partial charge in [-0.05, 0) is 80.0 Å². The number of anilines is 1. The lowest BCUT2D eigenvalue weighted by Crippen LogP contribution is -2.31. The largest absolute Gasteiger partial charge is 0.493 e. The molecule has 0 amide bonds. The molecule has 1 N–H and O–H groups in total. The summed E-state index contributed by atoms with van der Waals surface area (Å²) in [4.78, 5) is 3.39. The SMILES string of the molecule is CCCCOc1ccc(C=C2CCC(C(=S)Nc3ccccc3)=C2N2CCCCC2)cc1OC. The monoisotopic (exact) mass is 476 g/mol. The van der Waals surface area contributed by atoms with Gasteiger partial charge in [0.1, 0.15) is 4.99 Å². The highest BCUT2D eigenvalue weighted by molar-refractivity contribution is 7.81. The summed E-state index contributed by atoms with van der Waals surface area (Å²) in [6, 6.07) is 16.5. The van der Waals surface area contributed by atoms with E-state index in [1.165, 1.54) is 36.1 Å². The second-order valence-electron chi connectivity index (χ2n) is 8.98. The molecular weight excluding hydrogens is 440 g/mol. The van der Waals surface area contributed by atoms with E-state index in [0.717, 1.165) is 66.5 Å².